The molecule has 0 radical (unpaired) electrons. The molecule has 106 valence electrons. The predicted octanol–water partition coefficient (Wildman–Crippen LogP) is 3.75. The lowest BCUT2D eigenvalue weighted by Gasteiger charge is -2.21. The van der Waals surface area contributed by atoms with Gasteiger partial charge in [-0.2, -0.15) is 0 Å². The van der Waals surface area contributed by atoms with E-state index in [9.17, 15) is 0 Å². The molecule has 1 unspecified atom stereocenters. The van der Waals surface area contributed by atoms with Crippen LogP contribution in [0.1, 0.15) is 30.5 Å². The molecule has 0 amide bonds. The van der Waals surface area contributed by atoms with Gasteiger partial charge >= 0.3 is 0 Å². The van der Waals surface area contributed by atoms with Gasteiger partial charge in [0, 0.05) is 11.3 Å². The standard InChI is InChI=1S/C17H21NO2/c1-3-16(15-6-4-5-7-17(15)20-2)18-14-10-8-13(12-19)9-11-14/h4-11,16,18-19H,3,12H2,1-2H3. The van der Waals surface area contributed by atoms with Gasteiger partial charge in [-0.3, -0.25) is 0 Å². The maximum absolute atomic E-state index is 9.07. The fourth-order valence-electron chi connectivity index (χ4n) is 2.26. The van der Waals surface area contributed by atoms with Gasteiger partial charge in [0.1, 0.15) is 5.75 Å². The van der Waals surface area contributed by atoms with Gasteiger partial charge in [0.05, 0.1) is 19.8 Å². The molecule has 0 bridgehead atoms. The van der Waals surface area contributed by atoms with Gasteiger partial charge in [-0.1, -0.05) is 37.3 Å². The summed E-state index contributed by atoms with van der Waals surface area (Å²) in [5, 5.41) is 12.6. The molecule has 3 heteroatoms. The number of ether oxygens (including phenoxy) is 1. The summed E-state index contributed by atoms with van der Waals surface area (Å²) in [6, 6.07) is 16.1. The molecule has 0 aliphatic carbocycles. The Bertz CT molecular complexity index is 537. The van der Waals surface area contributed by atoms with Crippen LogP contribution in [-0.4, -0.2) is 12.2 Å². The third-order valence-electron chi connectivity index (χ3n) is 3.40. The molecule has 2 rings (SSSR count). The monoisotopic (exact) mass is 271 g/mol. The highest BCUT2D eigenvalue weighted by Gasteiger charge is 2.13. The maximum atomic E-state index is 9.07. The van der Waals surface area contributed by atoms with Gasteiger partial charge in [0.2, 0.25) is 0 Å². The fraction of sp³-hybridized carbons (Fsp3) is 0.294. The molecule has 3 nitrogen and oxygen atoms in total. The number of anilines is 1. The van der Waals surface area contributed by atoms with E-state index in [1.807, 2.05) is 42.5 Å². The first-order valence-corrected chi connectivity index (χ1v) is 6.87. The van der Waals surface area contributed by atoms with Gasteiger partial charge < -0.3 is 15.2 Å². The van der Waals surface area contributed by atoms with Gasteiger partial charge in [0.15, 0.2) is 0 Å². The molecule has 0 aromatic heterocycles. The highest BCUT2D eigenvalue weighted by Crippen LogP contribution is 2.29. The SMILES string of the molecule is CCC(Nc1ccc(CO)cc1)c1ccccc1OC. The second-order valence-corrected chi connectivity index (χ2v) is 4.70. The number of benzene rings is 2. The second kappa shape index (κ2) is 6.96. The van der Waals surface area contributed by atoms with Crippen molar-refractivity contribution in [1.29, 1.82) is 0 Å². The summed E-state index contributed by atoms with van der Waals surface area (Å²) in [5.74, 6) is 0.902. The first-order chi connectivity index (χ1) is 9.78. The van der Waals surface area contributed by atoms with Crippen molar-refractivity contribution >= 4 is 5.69 Å². The van der Waals surface area contributed by atoms with E-state index in [4.69, 9.17) is 9.84 Å². The van der Waals surface area contributed by atoms with E-state index >= 15 is 0 Å². The summed E-state index contributed by atoms with van der Waals surface area (Å²) >= 11 is 0. The molecular weight excluding hydrogens is 250 g/mol. The number of para-hydroxylation sites is 1. The minimum atomic E-state index is 0.0734. The molecule has 0 spiro atoms. The first kappa shape index (κ1) is 14.4. The van der Waals surface area contributed by atoms with Crippen molar-refractivity contribution in [2.24, 2.45) is 0 Å². The summed E-state index contributed by atoms with van der Waals surface area (Å²) in [4.78, 5) is 0. The van der Waals surface area contributed by atoms with Crippen LogP contribution < -0.4 is 10.1 Å². The molecule has 0 saturated carbocycles. The van der Waals surface area contributed by atoms with Crippen LogP contribution in [0.15, 0.2) is 48.5 Å². The van der Waals surface area contributed by atoms with E-state index in [1.165, 1.54) is 0 Å². The van der Waals surface area contributed by atoms with Gasteiger partial charge in [-0.25, -0.2) is 0 Å². The van der Waals surface area contributed by atoms with Crippen molar-refractivity contribution < 1.29 is 9.84 Å². The molecule has 2 aromatic rings. The quantitative estimate of drug-likeness (QED) is 0.840. The van der Waals surface area contributed by atoms with Crippen molar-refractivity contribution in [3.63, 3.8) is 0 Å². The fourth-order valence-corrected chi connectivity index (χ4v) is 2.26. The predicted molar refractivity (Wildman–Crippen MR) is 82.0 cm³/mol. The van der Waals surface area contributed by atoms with Crippen LogP contribution in [0.3, 0.4) is 0 Å². The second-order valence-electron chi connectivity index (χ2n) is 4.70. The Morgan fingerprint density at radius 2 is 1.80 bits per heavy atom. The molecular formula is C17H21NO2. The Morgan fingerprint density at radius 1 is 1.10 bits per heavy atom. The summed E-state index contributed by atoms with van der Waals surface area (Å²) in [6.45, 7) is 2.22. The Kier molecular flexibility index (Phi) is 5.02. The van der Waals surface area contributed by atoms with E-state index in [0.717, 1.165) is 29.0 Å². The molecule has 0 aliphatic rings. The lowest BCUT2D eigenvalue weighted by Crippen LogP contribution is -2.11. The zero-order chi connectivity index (χ0) is 14.4. The number of aliphatic hydroxyl groups excluding tert-OH is 1. The van der Waals surface area contributed by atoms with Crippen molar-refractivity contribution in [1.82, 2.24) is 0 Å². The number of methoxy groups -OCH3 is 1. The van der Waals surface area contributed by atoms with Crippen LogP contribution in [0, 0.1) is 0 Å². The van der Waals surface area contributed by atoms with Crippen LogP contribution in [-0.2, 0) is 6.61 Å². The van der Waals surface area contributed by atoms with Crippen molar-refractivity contribution in [3.05, 3.63) is 59.7 Å². The summed E-state index contributed by atoms with van der Waals surface area (Å²) in [5.41, 5.74) is 3.12. The summed E-state index contributed by atoms with van der Waals surface area (Å²) in [7, 11) is 1.70. The Hall–Kier alpha value is -2.00. The van der Waals surface area contributed by atoms with E-state index in [-0.39, 0.29) is 12.6 Å². The van der Waals surface area contributed by atoms with Crippen LogP contribution >= 0.6 is 0 Å². The largest absolute Gasteiger partial charge is 0.496 e. The number of hydrogen-bond donors (Lipinski definition) is 2. The van der Waals surface area contributed by atoms with Crippen molar-refractivity contribution in [2.75, 3.05) is 12.4 Å². The minimum Gasteiger partial charge on any atom is -0.496 e. The maximum Gasteiger partial charge on any atom is 0.124 e. The van der Waals surface area contributed by atoms with E-state index in [2.05, 4.69) is 18.3 Å². The highest BCUT2D eigenvalue weighted by atomic mass is 16.5. The molecule has 0 aliphatic heterocycles. The average molecular weight is 271 g/mol. The number of rotatable bonds is 6. The molecule has 0 fully saturated rings. The van der Waals surface area contributed by atoms with Crippen molar-refractivity contribution in [2.45, 2.75) is 26.0 Å². The molecule has 2 N–H and O–H groups in total. The third-order valence-corrected chi connectivity index (χ3v) is 3.40. The van der Waals surface area contributed by atoms with E-state index < -0.39 is 0 Å². The highest BCUT2D eigenvalue weighted by molar-refractivity contribution is 5.48. The first-order valence-electron chi connectivity index (χ1n) is 6.87. The van der Waals surface area contributed by atoms with Crippen LogP contribution in [0.2, 0.25) is 0 Å². The average Bonchev–Trinajstić information content (AvgIpc) is 2.53. The summed E-state index contributed by atoms with van der Waals surface area (Å²) in [6.07, 6.45) is 0.960. The normalized spacial score (nSPS) is 11.9. The lowest BCUT2D eigenvalue weighted by atomic mass is 10.0. The molecule has 0 saturated heterocycles. The number of hydrogen-bond acceptors (Lipinski definition) is 3. The van der Waals surface area contributed by atoms with E-state index in [0.29, 0.717) is 0 Å². The van der Waals surface area contributed by atoms with Crippen LogP contribution in [0.5, 0.6) is 5.75 Å². The van der Waals surface area contributed by atoms with Gasteiger partial charge in [0.25, 0.3) is 0 Å². The Morgan fingerprint density at radius 3 is 2.40 bits per heavy atom. The lowest BCUT2D eigenvalue weighted by molar-refractivity contribution is 0.282. The van der Waals surface area contributed by atoms with Crippen LogP contribution in [0.25, 0.3) is 0 Å². The number of nitrogens with one attached hydrogen (secondary N) is 1. The smallest absolute Gasteiger partial charge is 0.124 e. The molecule has 2 aromatic carbocycles. The Balaban J connectivity index is 2.19. The van der Waals surface area contributed by atoms with Crippen molar-refractivity contribution in [3.8, 4) is 5.75 Å². The molecule has 20 heavy (non-hydrogen) atoms. The van der Waals surface area contributed by atoms with Gasteiger partial charge in [-0.15, -0.1) is 0 Å². The zero-order valence-corrected chi connectivity index (χ0v) is 12.0. The minimum absolute atomic E-state index is 0.0734. The third kappa shape index (κ3) is 3.31. The molecule has 1 atom stereocenters. The summed E-state index contributed by atoms with van der Waals surface area (Å²) < 4.78 is 5.43. The number of aliphatic hydroxyl groups is 1. The van der Waals surface area contributed by atoms with E-state index in [1.54, 1.807) is 7.11 Å². The topological polar surface area (TPSA) is 41.5 Å². The zero-order valence-electron chi connectivity index (χ0n) is 12.0. The Labute approximate surface area is 120 Å². The van der Waals surface area contributed by atoms with Crippen LogP contribution in [0.4, 0.5) is 5.69 Å². The van der Waals surface area contributed by atoms with Gasteiger partial charge in [-0.05, 0) is 30.2 Å². The molecule has 0 heterocycles.